The topological polar surface area (TPSA) is 66.6 Å². The summed E-state index contributed by atoms with van der Waals surface area (Å²) in [7, 11) is 0. The zero-order valence-corrected chi connectivity index (χ0v) is 10.0. The largest absolute Gasteiger partial charge is 0.505 e. The average molecular weight is 234 g/mol. The van der Waals surface area contributed by atoms with Crippen LogP contribution in [0.5, 0.6) is 5.75 Å². The quantitative estimate of drug-likeness (QED) is 0.575. The fourth-order valence-corrected chi connectivity index (χ4v) is 2.28. The van der Waals surface area contributed by atoms with Crippen molar-refractivity contribution in [3.8, 4) is 5.75 Å². The number of carbonyl (C=O) groups is 1. The molecule has 1 heterocycles. The monoisotopic (exact) mass is 234 g/mol. The molecule has 1 aliphatic rings. The molecule has 4 nitrogen and oxygen atoms in total. The summed E-state index contributed by atoms with van der Waals surface area (Å²) < 4.78 is 0. The van der Waals surface area contributed by atoms with Crippen LogP contribution in [-0.4, -0.2) is 29.0 Å². The van der Waals surface area contributed by atoms with Crippen molar-refractivity contribution in [2.24, 2.45) is 5.92 Å². The highest BCUT2D eigenvalue weighted by Crippen LogP contribution is 2.27. The number of aromatic hydroxyl groups is 1. The Bertz CT molecular complexity index is 431. The molecular weight excluding hydrogens is 216 g/mol. The Morgan fingerprint density at radius 2 is 2.29 bits per heavy atom. The number of benzene rings is 1. The Morgan fingerprint density at radius 3 is 3.00 bits per heavy atom. The highest BCUT2D eigenvalue weighted by Gasteiger charge is 2.24. The van der Waals surface area contributed by atoms with Crippen molar-refractivity contribution in [1.82, 2.24) is 4.90 Å². The lowest BCUT2D eigenvalue weighted by Crippen LogP contribution is -2.39. The van der Waals surface area contributed by atoms with E-state index in [4.69, 9.17) is 5.73 Å². The van der Waals surface area contributed by atoms with E-state index >= 15 is 0 Å². The van der Waals surface area contributed by atoms with Crippen LogP contribution in [0.4, 0.5) is 5.69 Å². The Labute approximate surface area is 101 Å². The maximum atomic E-state index is 12.2. The van der Waals surface area contributed by atoms with Gasteiger partial charge >= 0.3 is 0 Å². The first-order chi connectivity index (χ1) is 8.09. The van der Waals surface area contributed by atoms with E-state index in [0.717, 1.165) is 25.9 Å². The number of phenolic OH excluding ortho intramolecular Hbond substituents is 1. The number of para-hydroxylation sites is 1. The van der Waals surface area contributed by atoms with Crippen molar-refractivity contribution >= 4 is 11.6 Å². The molecule has 1 aromatic carbocycles. The minimum absolute atomic E-state index is 0.101. The molecule has 1 aromatic rings. The van der Waals surface area contributed by atoms with E-state index in [1.807, 2.05) is 0 Å². The molecule has 0 saturated carbocycles. The fraction of sp³-hybridized carbons (Fsp3) is 0.462. The number of nitrogens with two attached hydrogens (primary N) is 1. The number of rotatable bonds is 1. The first-order valence-corrected chi connectivity index (χ1v) is 5.96. The standard InChI is InChI=1S/C13H18N2O2/c1-9-4-3-7-15(8-9)13(17)10-5-2-6-11(14)12(10)16/h2,5-6,9,16H,3-4,7-8,14H2,1H3. The summed E-state index contributed by atoms with van der Waals surface area (Å²) in [6.45, 7) is 3.66. The number of nitrogens with zero attached hydrogens (tertiary/aromatic N) is 1. The lowest BCUT2D eigenvalue weighted by atomic mass is 9.99. The van der Waals surface area contributed by atoms with Crippen LogP contribution < -0.4 is 5.73 Å². The van der Waals surface area contributed by atoms with Crippen molar-refractivity contribution in [2.75, 3.05) is 18.8 Å². The maximum absolute atomic E-state index is 12.2. The van der Waals surface area contributed by atoms with Gasteiger partial charge in [-0.05, 0) is 30.9 Å². The third-order valence-corrected chi connectivity index (χ3v) is 3.24. The van der Waals surface area contributed by atoms with Gasteiger partial charge in [-0.3, -0.25) is 4.79 Å². The molecular formula is C13H18N2O2. The SMILES string of the molecule is CC1CCCN(C(=O)c2cccc(N)c2O)C1. The van der Waals surface area contributed by atoms with Crippen molar-refractivity contribution in [3.05, 3.63) is 23.8 Å². The zero-order chi connectivity index (χ0) is 12.4. The molecule has 3 N–H and O–H groups in total. The first-order valence-electron chi connectivity index (χ1n) is 5.96. The second-order valence-electron chi connectivity index (χ2n) is 4.74. The smallest absolute Gasteiger partial charge is 0.257 e. The minimum atomic E-state index is -0.124. The highest BCUT2D eigenvalue weighted by molar-refractivity contribution is 5.98. The predicted molar refractivity (Wildman–Crippen MR) is 66.8 cm³/mol. The number of anilines is 1. The van der Waals surface area contributed by atoms with Crippen molar-refractivity contribution < 1.29 is 9.90 Å². The molecule has 0 radical (unpaired) electrons. The molecule has 0 spiro atoms. The summed E-state index contributed by atoms with van der Waals surface area (Å²) in [5.41, 5.74) is 6.15. The second kappa shape index (κ2) is 4.65. The molecule has 1 amide bonds. The molecule has 0 aliphatic carbocycles. The molecule has 4 heteroatoms. The first kappa shape index (κ1) is 11.8. The average Bonchev–Trinajstić information content (AvgIpc) is 2.32. The van der Waals surface area contributed by atoms with Crippen molar-refractivity contribution in [3.63, 3.8) is 0 Å². The Kier molecular flexibility index (Phi) is 3.22. The number of nitrogen functional groups attached to an aromatic ring is 1. The zero-order valence-electron chi connectivity index (χ0n) is 10.0. The summed E-state index contributed by atoms with van der Waals surface area (Å²) in [5.74, 6) is 0.299. The number of carbonyl (C=O) groups excluding carboxylic acids is 1. The Balaban J connectivity index is 2.22. The molecule has 0 aromatic heterocycles. The van der Waals surface area contributed by atoms with Crippen molar-refractivity contribution in [2.45, 2.75) is 19.8 Å². The number of likely N-dealkylation sites (tertiary alicyclic amines) is 1. The van der Waals surface area contributed by atoms with E-state index in [-0.39, 0.29) is 17.3 Å². The minimum Gasteiger partial charge on any atom is -0.505 e. The third-order valence-electron chi connectivity index (χ3n) is 3.24. The van der Waals surface area contributed by atoms with E-state index in [1.165, 1.54) is 0 Å². The van der Waals surface area contributed by atoms with Gasteiger partial charge in [0.2, 0.25) is 0 Å². The van der Waals surface area contributed by atoms with Gasteiger partial charge in [0.05, 0.1) is 11.3 Å². The molecule has 0 bridgehead atoms. The van der Waals surface area contributed by atoms with E-state index in [9.17, 15) is 9.90 Å². The van der Waals surface area contributed by atoms with Crippen LogP contribution >= 0.6 is 0 Å². The number of amides is 1. The lowest BCUT2D eigenvalue weighted by molar-refractivity contribution is 0.0680. The molecule has 1 unspecified atom stereocenters. The van der Waals surface area contributed by atoms with Gasteiger partial charge in [-0.15, -0.1) is 0 Å². The predicted octanol–water partition coefficient (Wildman–Crippen LogP) is 1.85. The molecule has 17 heavy (non-hydrogen) atoms. The van der Waals surface area contributed by atoms with Gasteiger partial charge in [0.25, 0.3) is 5.91 Å². The third kappa shape index (κ3) is 2.35. The van der Waals surface area contributed by atoms with E-state index < -0.39 is 0 Å². The number of piperidine rings is 1. The van der Waals surface area contributed by atoms with Crippen LogP contribution in [0.1, 0.15) is 30.1 Å². The van der Waals surface area contributed by atoms with Gasteiger partial charge in [-0.1, -0.05) is 13.0 Å². The van der Waals surface area contributed by atoms with Gasteiger partial charge in [0, 0.05) is 13.1 Å². The fourth-order valence-electron chi connectivity index (χ4n) is 2.28. The molecule has 92 valence electrons. The van der Waals surface area contributed by atoms with Crippen molar-refractivity contribution in [1.29, 1.82) is 0 Å². The van der Waals surface area contributed by atoms with Crippen LogP contribution in [0.25, 0.3) is 0 Å². The van der Waals surface area contributed by atoms with Crippen LogP contribution in [0.3, 0.4) is 0 Å². The molecule has 1 fully saturated rings. The molecule has 1 atom stereocenters. The Morgan fingerprint density at radius 1 is 1.53 bits per heavy atom. The number of hydrogen-bond donors (Lipinski definition) is 2. The van der Waals surface area contributed by atoms with E-state index in [2.05, 4.69) is 6.92 Å². The van der Waals surface area contributed by atoms with Gasteiger partial charge < -0.3 is 15.7 Å². The Hall–Kier alpha value is -1.71. The lowest BCUT2D eigenvalue weighted by Gasteiger charge is -2.31. The second-order valence-corrected chi connectivity index (χ2v) is 4.74. The highest BCUT2D eigenvalue weighted by atomic mass is 16.3. The number of hydrogen-bond acceptors (Lipinski definition) is 3. The van der Waals surface area contributed by atoms with Gasteiger partial charge in [0.15, 0.2) is 5.75 Å². The molecule has 2 rings (SSSR count). The molecule has 1 saturated heterocycles. The molecule has 1 aliphatic heterocycles. The van der Waals surface area contributed by atoms with Gasteiger partial charge in [0.1, 0.15) is 0 Å². The van der Waals surface area contributed by atoms with Gasteiger partial charge in [-0.2, -0.15) is 0 Å². The van der Waals surface area contributed by atoms with Crippen LogP contribution in [0, 0.1) is 5.92 Å². The normalized spacial score (nSPS) is 20.3. The summed E-state index contributed by atoms with van der Waals surface area (Å²) in [6, 6.07) is 4.90. The summed E-state index contributed by atoms with van der Waals surface area (Å²) in [6.07, 6.45) is 2.18. The van der Waals surface area contributed by atoms with E-state index in [0.29, 0.717) is 11.5 Å². The maximum Gasteiger partial charge on any atom is 0.257 e. The summed E-state index contributed by atoms with van der Waals surface area (Å²) >= 11 is 0. The summed E-state index contributed by atoms with van der Waals surface area (Å²) in [4.78, 5) is 14.0. The number of phenols is 1. The van der Waals surface area contributed by atoms with Gasteiger partial charge in [-0.25, -0.2) is 0 Å². The summed E-state index contributed by atoms with van der Waals surface area (Å²) in [5, 5.41) is 9.79. The van der Waals surface area contributed by atoms with Crippen LogP contribution in [-0.2, 0) is 0 Å². The van der Waals surface area contributed by atoms with E-state index in [1.54, 1.807) is 23.1 Å². The van der Waals surface area contributed by atoms with Crippen LogP contribution in [0.2, 0.25) is 0 Å². The van der Waals surface area contributed by atoms with Crippen LogP contribution in [0.15, 0.2) is 18.2 Å².